The van der Waals surface area contributed by atoms with Crippen LogP contribution < -0.4 is 0 Å². The largest absolute Gasteiger partial charge is 0.307 e. The molecule has 1 aromatic heterocycles. The van der Waals surface area contributed by atoms with E-state index in [2.05, 4.69) is 17.1 Å². The van der Waals surface area contributed by atoms with Crippen LogP contribution >= 0.6 is 0 Å². The lowest BCUT2D eigenvalue weighted by Gasteiger charge is -2.01. The van der Waals surface area contributed by atoms with Crippen LogP contribution in [0, 0.1) is 0 Å². The first kappa shape index (κ1) is 8.75. The molecule has 1 aromatic carbocycles. The fraction of sp³-hybridized carbons (Fsp3) is 0.0833. The molecule has 70 valence electrons. The molecule has 0 unspecified atom stereocenters. The molecule has 0 atom stereocenters. The van der Waals surface area contributed by atoms with E-state index in [1.54, 1.807) is 0 Å². The van der Waals surface area contributed by atoms with Gasteiger partial charge in [-0.1, -0.05) is 36.4 Å². The van der Waals surface area contributed by atoms with E-state index in [-0.39, 0.29) is 0 Å². The number of rotatable bonds is 2. The van der Waals surface area contributed by atoms with E-state index in [0.717, 1.165) is 11.4 Å². The van der Waals surface area contributed by atoms with Crippen molar-refractivity contribution in [2.45, 2.75) is 6.92 Å². The van der Waals surface area contributed by atoms with E-state index in [1.807, 2.05) is 54.4 Å². The van der Waals surface area contributed by atoms with Crippen molar-refractivity contribution in [3.05, 3.63) is 48.8 Å². The first-order valence-corrected chi connectivity index (χ1v) is 4.63. The number of imidazole rings is 1. The molecule has 0 fully saturated rings. The second-order valence-electron chi connectivity index (χ2n) is 3.01. The van der Waals surface area contributed by atoms with Gasteiger partial charge < -0.3 is 4.57 Å². The van der Waals surface area contributed by atoms with Crippen LogP contribution in [0.3, 0.4) is 0 Å². The van der Waals surface area contributed by atoms with Gasteiger partial charge in [0.1, 0.15) is 5.82 Å². The average Bonchev–Trinajstić information content (AvgIpc) is 2.68. The van der Waals surface area contributed by atoms with Gasteiger partial charge in [0, 0.05) is 24.2 Å². The summed E-state index contributed by atoms with van der Waals surface area (Å²) in [7, 11) is 0. The van der Waals surface area contributed by atoms with Crippen LogP contribution in [-0.4, -0.2) is 9.55 Å². The molecule has 0 N–H and O–H groups in total. The highest BCUT2D eigenvalue weighted by molar-refractivity contribution is 5.57. The number of nitrogens with zero attached hydrogens (tertiary/aromatic N) is 2. The molecular formula is C12H12N2. The smallest absolute Gasteiger partial charge is 0.143 e. The molecule has 0 aliphatic rings. The van der Waals surface area contributed by atoms with Crippen LogP contribution in [0.2, 0.25) is 0 Å². The van der Waals surface area contributed by atoms with Crippen molar-refractivity contribution in [1.29, 1.82) is 0 Å². The van der Waals surface area contributed by atoms with Crippen molar-refractivity contribution in [3.63, 3.8) is 0 Å². The molecular weight excluding hydrogens is 172 g/mol. The Morgan fingerprint density at radius 1 is 1.21 bits per heavy atom. The Hall–Kier alpha value is -1.83. The van der Waals surface area contributed by atoms with Gasteiger partial charge in [0.15, 0.2) is 0 Å². The summed E-state index contributed by atoms with van der Waals surface area (Å²) in [5.41, 5.74) is 1.13. The zero-order chi connectivity index (χ0) is 9.80. The number of allylic oxidation sites excluding steroid dienone is 1. The molecule has 14 heavy (non-hydrogen) atoms. The predicted molar refractivity (Wildman–Crippen MR) is 58.7 cm³/mol. The third kappa shape index (κ3) is 1.59. The van der Waals surface area contributed by atoms with Gasteiger partial charge in [-0.05, 0) is 6.92 Å². The summed E-state index contributed by atoms with van der Waals surface area (Å²) in [6.45, 7) is 1.99. The Kier molecular flexibility index (Phi) is 2.45. The first-order valence-electron chi connectivity index (χ1n) is 4.63. The van der Waals surface area contributed by atoms with Gasteiger partial charge >= 0.3 is 0 Å². The normalized spacial score (nSPS) is 10.9. The Bertz CT molecular complexity index is 427. The lowest BCUT2D eigenvalue weighted by Crippen LogP contribution is -1.89. The second-order valence-corrected chi connectivity index (χ2v) is 3.01. The summed E-state index contributed by atoms with van der Waals surface area (Å²) < 4.78 is 2.01. The van der Waals surface area contributed by atoms with Crippen LogP contribution in [0.25, 0.3) is 17.6 Å². The number of hydrogen-bond donors (Lipinski definition) is 0. The lowest BCUT2D eigenvalue weighted by atomic mass is 10.2. The summed E-state index contributed by atoms with van der Waals surface area (Å²) in [6, 6.07) is 10.2. The first-order chi connectivity index (χ1) is 6.92. The number of hydrogen-bond acceptors (Lipinski definition) is 1. The zero-order valence-corrected chi connectivity index (χ0v) is 8.09. The number of aromatic nitrogens is 2. The van der Waals surface area contributed by atoms with Crippen molar-refractivity contribution in [3.8, 4) is 11.4 Å². The monoisotopic (exact) mass is 184 g/mol. The van der Waals surface area contributed by atoms with Crippen molar-refractivity contribution < 1.29 is 0 Å². The van der Waals surface area contributed by atoms with Crippen LogP contribution in [-0.2, 0) is 0 Å². The maximum Gasteiger partial charge on any atom is 0.143 e. The minimum atomic E-state index is 0.976. The van der Waals surface area contributed by atoms with E-state index < -0.39 is 0 Å². The standard InChI is InChI=1S/C12H12N2/c1-2-9-14-10-8-13-12(14)11-6-4-3-5-7-11/h2-10H,1H3. The highest BCUT2D eigenvalue weighted by atomic mass is 15.0. The molecule has 0 radical (unpaired) electrons. The Morgan fingerprint density at radius 3 is 2.71 bits per heavy atom. The van der Waals surface area contributed by atoms with Gasteiger partial charge in [0.2, 0.25) is 0 Å². The van der Waals surface area contributed by atoms with Crippen molar-refractivity contribution in [1.82, 2.24) is 9.55 Å². The fourth-order valence-corrected chi connectivity index (χ4v) is 1.40. The van der Waals surface area contributed by atoms with Gasteiger partial charge in [-0.3, -0.25) is 0 Å². The molecule has 0 spiro atoms. The minimum Gasteiger partial charge on any atom is -0.307 e. The molecule has 2 aromatic rings. The molecule has 0 saturated carbocycles. The minimum absolute atomic E-state index is 0.976. The average molecular weight is 184 g/mol. The van der Waals surface area contributed by atoms with Gasteiger partial charge in [0.05, 0.1) is 0 Å². The lowest BCUT2D eigenvalue weighted by molar-refractivity contribution is 1.14. The highest BCUT2D eigenvalue weighted by Gasteiger charge is 2.01. The third-order valence-electron chi connectivity index (χ3n) is 2.01. The molecule has 0 aliphatic carbocycles. The van der Waals surface area contributed by atoms with E-state index in [4.69, 9.17) is 0 Å². The van der Waals surface area contributed by atoms with Gasteiger partial charge in [-0.15, -0.1) is 0 Å². The molecule has 2 heteroatoms. The van der Waals surface area contributed by atoms with Crippen LogP contribution in [0.15, 0.2) is 48.8 Å². The molecule has 0 amide bonds. The summed E-state index contributed by atoms with van der Waals surface area (Å²) in [4.78, 5) is 4.32. The van der Waals surface area contributed by atoms with Crippen LogP contribution in [0.1, 0.15) is 6.92 Å². The molecule has 2 rings (SSSR count). The van der Waals surface area contributed by atoms with Gasteiger partial charge in [0.25, 0.3) is 0 Å². The van der Waals surface area contributed by atoms with E-state index in [0.29, 0.717) is 0 Å². The van der Waals surface area contributed by atoms with Crippen molar-refractivity contribution >= 4 is 6.20 Å². The summed E-state index contributed by atoms with van der Waals surface area (Å²) in [5, 5.41) is 0. The predicted octanol–water partition coefficient (Wildman–Crippen LogP) is 3.04. The second kappa shape index (κ2) is 3.92. The molecule has 0 saturated heterocycles. The SMILES string of the molecule is CC=Cn1ccnc1-c1ccccc1. The Balaban J connectivity index is 2.47. The molecule has 1 heterocycles. The third-order valence-corrected chi connectivity index (χ3v) is 2.01. The summed E-state index contributed by atoms with van der Waals surface area (Å²) in [6.07, 6.45) is 7.74. The van der Waals surface area contributed by atoms with E-state index in [1.165, 1.54) is 0 Å². The fourth-order valence-electron chi connectivity index (χ4n) is 1.40. The van der Waals surface area contributed by atoms with Gasteiger partial charge in [-0.25, -0.2) is 4.98 Å². The summed E-state index contributed by atoms with van der Waals surface area (Å²) in [5.74, 6) is 0.976. The van der Waals surface area contributed by atoms with Crippen molar-refractivity contribution in [2.75, 3.05) is 0 Å². The Labute approximate surface area is 83.5 Å². The van der Waals surface area contributed by atoms with Crippen molar-refractivity contribution in [2.24, 2.45) is 0 Å². The highest BCUT2D eigenvalue weighted by Crippen LogP contribution is 2.16. The topological polar surface area (TPSA) is 17.8 Å². The Morgan fingerprint density at radius 2 is 2.00 bits per heavy atom. The maximum absolute atomic E-state index is 4.32. The summed E-state index contributed by atoms with van der Waals surface area (Å²) >= 11 is 0. The maximum atomic E-state index is 4.32. The number of benzene rings is 1. The van der Waals surface area contributed by atoms with E-state index in [9.17, 15) is 0 Å². The van der Waals surface area contributed by atoms with Crippen LogP contribution in [0.5, 0.6) is 0 Å². The quantitative estimate of drug-likeness (QED) is 0.701. The van der Waals surface area contributed by atoms with Gasteiger partial charge in [-0.2, -0.15) is 0 Å². The molecule has 0 bridgehead atoms. The molecule has 0 aliphatic heterocycles. The molecule has 2 nitrogen and oxygen atoms in total. The zero-order valence-electron chi connectivity index (χ0n) is 8.09. The van der Waals surface area contributed by atoms with E-state index >= 15 is 0 Å². The van der Waals surface area contributed by atoms with Crippen LogP contribution in [0.4, 0.5) is 0 Å².